The molecule has 3 nitrogen and oxygen atoms in total. The maximum absolute atomic E-state index is 11.8. The van der Waals surface area contributed by atoms with Crippen molar-refractivity contribution in [3.8, 4) is 5.75 Å². The summed E-state index contributed by atoms with van der Waals surface area (Å²) < 4.78 is 16.9. The lowest BCUT2D eigenvalue weighted by Crippen LogP contribution is -2.35. The van der Waals surface area contributed by atoms with Crippen molar-refractivity contribution in [1.82, 2.24) is 5.32 Å². The van der Waals surface area contributed by atoms with Gasteiger partial charge in [-0.1, -0.05) is 12.1 Å². The van der Waals surface area contributed by atoms with Gasteiger partial charge in [-0.25, -0.2) is 0 Å². The molecule has 0 radical (unpaired) electrons. The van der Waals surface area contributed by atoms with Crippen LogP contribution in [0.15, 0.2) is 24.3 Å². The summed E-state index contributed by atoms with van der Waals surface area (Å²) in [6.07, 6.45) is 0. The molecule has 2 rings (SSSR count). The Morgan fingerprint density at radius 2 is 2.13 bits per heavy atom. The summed E-state index contributed by atoms with van der Waals surface area (Å²) in [5.41, 5.74) is 1.13. The van der Waals surface area contributed by atoms with Crippen LogP contribution >= 0.6 is 0 Å². The van der Waals surface area contributed by atoms with Crippen molar-refractivity contribution in [1.29, 1.82) is 0 Å². The molecule has 2 atom stereocenters. The maximum Gasteiger partial charge on any atom is 0.118 e. The third-order valence-electron chi connectivity index (χ3n) is 2.61. The highest BCUT2D eigenvalue weighted by Crippen LogP contribution is 2.23. The molecule has 1 heterocycles. The summed E-state index contributed by atoms with van der Waals surface area (Å²) in [6, 6.07) is 7.82. The average molecular weight is 225 g/mol. The first kappa shape index (κ1) is 10.6. The number of ether oxygens (including phenoxy) is 1. The van der Waals surface area contributed by atoms with Crippen molar-refractivity contribution in [2.75, 3.05) is 26.0 Å². The van der Waals surface area contributed by atoms with E-state index in [2.05, 4.69) is 5.32 Å². The van der Waals surface area contributed by atoms with Crippen LogP contribution in [0.4, 0.5) is 0 Å². The number of methoxy groups -OCH3 is 1. The van der Waals surface area contributed by atoms with Crippen LogP contribution in [-0.4, -0.2) is 30.2 Å². The fraction of sp³-hybridized carbons (Fsp3) is 0.455. The highest BCUT2D eigenvalue weighted by atomic mass is 32.2. The van der Waals surface area contributed by atoms with Crippen LogP contribution in [0.1, 0.15) is 10.8 Å². The molecule has 0 spiro atoms. The SMILES string of the molecule is COc1ccc(C2CNCCS2=O)cc1. The van der Waals surface area contributed by atoms with E-state index >= 15 is 0 Å². The highest BCUT2D eigenvalue weighted by molar-refractivity contribution is 7.85. The number of hydrogen-bond acceptors (Lipinski definition) is 3. The number of rotatable bonds is 2. The molecule has 82 valence electrons. The molecule has 2 unspecified atom stereocenters. The minimum absolute atomic E-state index is 0.129. The van der Waals surface area contributed by atoms with Gasteiger partial charge in [0.1, 0.15) is 5.75 Å². The van der Waals surface area contributed by atoms with E-state index in [0.29, 0.717) is 0 Å². The van der Waals surface area contributed by atoms with E-state index in [0.717, 1.165) is 30.2 Å². The van der Waals surface area contributed by atoms with Gasteiger partial charge in [-0.2, -0.15) is 0 Å². The van der Waals surface area contributed by atoms with Crippen LogP contribution in [0.2, 0.25) is 0 Å². The molecule has 0 aliphatic carbocycles. The molecule has 0 bridgehead atoms. The second-order valence-electron chi connectivity index (χ2n) is 3.55. The van der Waals surface area contributed by atoms with Crippen molar-refractivity contribution < 1.29 is 8.95 Å². The van der Waals surface area contributed by atoms with E-state index in [1.165, 1.54) is 0 Å². The van der Waals surface area contributed by atoms with E-state index in [1.807, 2.05) is 24.3 Å². The first-order chi connectivity index (χ1) is 7.31. The Kier molecular flexibility index (Phi) is 3.38. The molecule has 1 N–H and O–H groups in total. The minimum Gasteiger partial charge on any atom is -0.497 e. The van der Waals surface area contributed by atoms with Gasteiger partial charge >= 0.3 is 0 Å². The number of benzene rings is 1. The summed E-state index contributed by atoms with van der Waals surface area (Å²) in [7, 11) is 0.907. The summed E-state index contributed by atoms with van der Waals surface area (Å²) >= 11 is 0. The van der Waals surface area contributed by atoms with Crippen LogP contribution in [0.3, 0.4) is 0 Å². The molecule has 0 aromatic heterocycles. The van der Waals surface area contributed by atoms with Gasteiger partial charge in [-0.15, -0.1) is 0 Å². The fourth-order valence-electron chi connectivity index (χ4n) is 1.73. The lowest BCUT2D eigenvalue weighted by molar-refractivity contribution is 0.414. The van der Waals surface area contributed by atoms with Crippen molar-refractivity contribution in [3.63, 3.8) is 0 Å². The lowest BCUT2D eigenvalue weighted by atomic mass is 10.1. The quantitative estimate of drug-likeness (QED) is 0.818. The van der Waals surface area contributed by atoms with Gasteiger partial charge in [-0.3, -0.25) is 4.21 Å². The van der Waals surface area contributed by atoms with Crippen molar-refractivity contribution >= 4 is 10.8 Å². The van der Waals surface area contributed by atoms with E-state index in [4.69, 9.17) is 4.74 Å². The molecule has 1 aromatic rings. The Hall–Kier alpha value is -0.870. The Balaban J connectivity index is 2.17. The molecule has 0 amide bonds. The topological polar surface area (TPSA) is 38.3 Å². The Morgan fingerprint density at radius 1 is 1.40 bits per heavy atom. The molecule has 15 heavy (non-hydrogen) atoms. The second kappa shape index (κ2) is 4.77. The first-order valence-corrected chi connectivity index (χ1v) is 6.41. The van der Waals surface area contributed by atoms with Gasteiger partial charge in [-0.05, 0) is 17.7 Å². The third-order valence-corrected chi connectivity index (χ3v) is 4.29. The molecular formula is C11H15NO2S. The predicted octanol–water partition coefficient (Wildman–Crippen LogP) is 1.09. The Morgan fingerprint density at radius 3 is 2.73 bits per heavy atom. The minimum atomic E-state index is -0.741. The van der Waals surface area contributed by atoms with E-state index in [-0.39, 0.29) is 5.25 Å². The molecule has 1 fully saturated rings. The summed E-state index contributed by atoms with van der Waals surface area (Å²) in [6.45, 7) is 1.66. The molecule has 4 heteroatoms. The lowest BCUT2D eigenvalue weighted by Gasteiger charge is -2.22. The summed E-state index contributed by atoms with van der Waals surface area (Å²) in [5, 5.41) is 3.40. The second-order valence-corrected chi connectivity index (χ2v) is 5.29. The van der Waals surface area contributed by atoms with Gasteiger partial charge in [0.05, 0.1) is 12.4 Å². The third kappa shape index (κ3) is 2.38. The Bertz CT molecular complexity index is 350. The standard InChI is InChI=1S/C11H15NO2S/c1-14-10-4-2-9(3-5-10)11-8-12-6-7-15(11)13/h2-5,11-12H,6-8H2,1H3. The van der Waals surface area contributed by atoms with Gasteiger partial charge in [0.2, 0.25) is 0 Å². The van der Waals surface area contributed by atoms with Gasteiger partial charge < -0.3 is 10.1 Å². The molecule has 1 aromatic carbocycles. The zero-order valence-corrected chi connectivity index (χ0v) is 9.55. The first-order valence-electron chi connectivity index (χ1n) is 5.03. The van der Waals surface area contributed by atoms with Crippen LogP contribution in [0, 0.1) is 0 Å². The van der Waals surface area contributed by atoms with Crippen molar-refractivity contribution in [2.45, 2.75) is 5.25 Å². The molecule has 1 saturated heterocycles. The van der Waals surface area contributed by atoms with Crippen molar-refractivity contribution in [3.05, 3.63) is 29.8 Å². The van der Waals surface area contributed by atoms with Gasteiger partial charge in [0, 0.05) is 29.6 Å². The largest absolute Gasteiger partial charge is 0.497 e. The molecule has 1 aliphatic heterocycles. The zero-order valence-electron chi connectivity index (χ0n) is 8.73. The highest BCUT2D eigenvalue weighted by Gasteiger charge is 2.21. The smallest absolute Gasteiger partial charge is 0.118 e. The zero-order chi connectivity index (χ0) is 10.7. The normalized spacial score (nSPS) is 26.2. The van der Waals surface area contributed by atoms with Gasteiger partial charge in [0.25, 0.3) is 0 Å². The summed E-state index contributed by atoms with van der Waals surface area (Å²) in [4.78, 5) is 0. The fourth-order valence-corrected chi connectivity index (χ4v) is 3.12. The van der Waals surface area contributed by atoms with E-state index < -0.39 is 10.8 Å². The van der Waals surface area contributed by atoms with Crippen LogP contribution in [-0.2, 0) is 10.8 Å². The van der Waals surface area contributed by atoms with E-state index in [1.54, 1.807) is 7.11 Å². The predicted molar refractivity (Wildman–Crippen MR) is 61.6 cm³/mol. The summed E-state index contributed by atoms with van der Waals surface area (Å²) in [5.74, 6) is 1.59. The number of nitrogens with one attached hydrogen (secondary N) is 1. The maximum atomic E-state index is 11.8. The Labute approximate surface area is 92.3 Å². The van der Waals surface area contributed by atoms with Crippen LogP contribution in [0.25, 0.3) is 0 Å². The monoisotopic (exact) mass is 225 g/mol. The van der Waals surface area contributed by atoms with Crippen LogP contribution in [0.5, 0.6) is 5.75 Å². The average Bonchev–Trinajstić information content (AvgIpc) is 2.30. The molecule has 1 aliphatic rings. The molecular weight excluding hydrogens is 210 g/mol. The van der Waals surface area contributed by atoms with Crippen molar-refractivity contribution in [2.24, 2.45) is 0 Å². The van der Waals surface area contributed by atoms with E-state index in [9.17, 15) is 4.21 Å². The molecule has 0 saturated carbocycles. The number of hydrogen-bond donors (Lipinski definition) is 1. The van der Waals surface area contributed by atoms with Crippen LogP contribution < -0.4 is 10.1 Å². The van der Waals surface area contributed by atoms with Gasteiger partial charge in [0.15, 0.2) is 0 Å².